The Hall–Kier alpha value is -1.72. The summed E-state index contributed by atoms with van der Waals surface area (Å²) >= 11 is 0. The zero-order valence-corrected chi connectivity index (χ0v) is 10.9. The molecule has 2 bridgehead atoms. The monoisotopic (exact) mass is 252 g/mol. The molecule has 6 nitrogen and oxygen atoms in total. The molecule has 0 aromatic carbocycles. The van der Waals surface area contributed by atoms with Gasteiger partial charge in [-0.1, -0.05) is 13.5 Å². The van der Waals surface area contributed by atoms with Crippen molar-refractivity contribution in [2.24, 2.45) is 0 Å². The normalized spacial score (nSPS) is 25.7. The van der Waals surface area contributed by atoms with Gasteiger partial charge in [-0.15, -0.1) is 0 Å². The number of amides is 2. The molecule has 2 aliphatic rings. The van der Waals surface area contributed by atoms with Gasteiger partial charge in [0.15, 0.2) is 0 Å². The van der Waals surface area contributed by atoms with Crippen LogP contribution in [0.5, 0.6) is 0 Å². The van der Waals surface area contributed by atoms with Crippen molar-refractivity contribution in [1.82, 2.24) is 20.7 Å². The lowest BCUT2D eigenvalue weighted by atomic mass is 10.0. The van der Waals surface area contributed by atoms with E-state index in [2.05, 4.69) is 17.3 Å². The maximum absolute atomic E-state index is 12.1. The van der Waals surface area contributed by atoms with E-state index in [0.29, 0.717) is 12.5 Å². The summed E-state index contributed by atoms with van der Waals surface area (Å²) in [6, 6.07) is 0.187. The molecule has 0 saturated carbocycles. The lowest BCUT2D eigenvalue weighted by Crippen LogP contribution is -2.53. The molecule has 1 unspecified atom stereocenters. The predicted molar refractivity (Wildman–Crippen MR) is 67.0 cm³/mol. The highest BCUT2D eigenvalue weighted by atomic mass is 16.2. The smallest absolute Gasteiger partial charge is 0.261 e. The molecule has 2 aliphatic heterocycles. The second-order valence-corrected chi connectivity index (χ2v) is 4.82. The minimum Gasteiger partial charge on any atom is -0.368 e. The summed E-state index contributed by atoms with van der Waals surface area (Å²) in [6.45, 7) is 6.50. The van der Waals surface area contributed by atoms with Crippen molar-refractivity contribution in [3.8, 4) is 0 Å². The van der Waals surface area contributed by atoms with E-state index in [4.69, 9.17) is 0 Å². The summed E-state index contributed by atoms with van der Waals surface area (Å²) in [5.41, 5.74) is 2.64. The third-order valence-electron chi connectivity index (χ3n) is 3.56. The zero-order valence-electron chi connectivity index (χ0n) is 10.9. The summed E-state index contributed by atoms with van der Waals surface area (Å²) in [6.07, 6.45) is 2.12. The summed E-state index contributed by atoms with van der Waals surface area (Å²) in [5.74, 6) is 0.570. The largest absolute Gasteiger partial charge is 0.368 e. The number of carbonyl (C=O) groups is 2. The standard InChI is InChI=1S/C12H20N4O2/c1-4-11(17)15(3)14-12(18)10-6-5-9-7-16(10)8(2)13-9/h9-10,13H,2,4-7H2,1,3H3,(H,14,18)/t9?,10-/m0/s1. The van der Waals surface area contributed by atoms with Crippen LogP contribution in [0.1, 0.15) is 26.2 Å². The fraction of sp³-hybridized carbons (Fsp3) is 0.667. The Bertz CT molecular complexity index is 382. The lowest BCUT2D eigenvalue weighted by molar-refractivity contribution is -0.141. The van der Waals surface area contributed by atoms with Crippen molar-refractivity contribution in [3.05, 3.63) is 12.4 Å². The first-order valence-corrected chi connectivity index (χ1v) is 6.32. The number of carbonyl (C=O) groups excluding carboxylic acids is 2. The first-order valence-electron chi connectivity index (χ1n) is 6.32. The number of nitrogens with one attached hydrogen (secondary N) is 2. The van der Waals surface area contributed by atoms with Crippen LogP contribution in [0.15, 0.2) is 12.4 Å². The summed E-state index contributed by atoms with van der Waals surface area (Å²) in [7, 11) is 1.58. The van der Waals surface area contributed by atoms with E-state index in [9.17, 15) is 9.59 Å². The second kappa shape index (κ2) is 4.88. The van der Waals surface area contributed by atoms with E-state index >= 15 is 0 Å². The predicted octanol–water partition coefficient (Wildman–Crippen LogP) is -0.207. The fourth-order valence-corrected chi connectivity index (χ4v) is 2.52. The van der Waals surface area contributed by atoms with Gasteiger partial charge in [0.2, 0.25) is 5.91 Å². The average Bonchev–Trinajstić information content (AvgIpc) is 2.63. The van der Waals surface area contributed by atoms with Crippen LogP contribution in [-0.2, 0) is 9.59 Å². The van der Waals surface area contributed by atoms with Gasteiger partial charge in [-0.05, 0) is 12.8 Å². The fourth-order valence-electron chi connectivity index (χ4n) is 2.52. The van der Waals surface area contributed by atoms with Gasteiger partial charge in [-0.25, -0.2) is 0 Å². The number of rotatable bonds is 2. The number of hydrazine groups is 1. The molecule has 0 aromatic heterocycles. The number of hydrogen-bond donors (Lipinski definition) is 2. The quantitative estimate of drug-likeness (QED) is 0.668. The van der Waals surface area contributed by atoms with Crippen LogP contribution in [0, 0.1) is 0 Å². The Morgan fingerprint density at radius 2 is 2.28 bits per heavy atom. The van der Waals surface area contributed by atoms with E-state index in [1.165, 1.54) is 5.01 Å². The van der Waals surface area contributed by atoms with Gasteiger partial charge in [0.25, 0.3) is 5.91 Å². The summed E-state index contributed by atoms with van der Waals surface area (Å²) < 4.78 is 0. The Labute approximate surface area is 107 Å². The zero-order chi connectivity index (χ0) is 13.3. The van der Waals surface area contributed by atoms with Crippen molar-refractivity contribution in [1.29, 1.82) is 0 Å². The molecule has 6 heteroatoms. The van der Waals surface area contributed by atoms with Crippen LogP contribution in [0.2, 0.25) is 0 Å². The number of piperidine rings is 1. The molecular weight excluding hydrogens is 232 g/mol. The Morgan fingerprint density at radius 3 is 2.94 bits per heavy atom. The van der Waals surface area contributed by atoms with Crippen LogP contribution >= 0.6 is 0 Å². The van der Waals surface area contributed by atoms with Crippen molar-refractivity contribution in [2.75, 3.05) is 13.6 Å². The van der Waals surface area contributed by atoms with Gasteiger partial charge in [-0.3, -0.25) is 20.0 Å². The van der Waals surface area contributed by atoms with Crippen LogP contribution < -0.4 is 10.7 Å². The van der Waals surface area contributed by atoms with Crippen molar-refractivity contribution < 1.29 is 9.59 Å². The third-order valence-corrected chi connectivity index (χ3v) is 3.56. The highest BCUT2D eigenvalue weighted by Crippen LogP contribution is 2.26. The number of hydrogen-bond acceptors (Lipinski definition) is 4. The first-order chi connectivity index (χ1) is 8.52. The molecule has 2 fully saturated rings. The van der Waals surface area contributed by atoms with Gasteiger partial charge >= 0.3 is 0 Å². The van der Waals surface area contributed by atoms with Crippen LogP contribution in [0.4, 0.5) is 0 Å². The number of fused-ring (bicyclic) bond motifs is 2. The maximum atomic E-state index is 12.1. The van der Waals surface area contributed by atoms with Crippen molar-refractivity contribution in [3.63, 3.8) is 0 Å². The molecule has 0 spiro atoms. The average molecular weight is 252 g/mol. The first kappa shape index (κ1) is 12.7. The molecule has 2 rings (SSSR count). The van der Waals surface area contributed by atoms with Crippen LogP contribution in [-0.4, -0.2) is 47.4 Å². The van der Waals surface area contributed by atoms with Crippen molar-refractivity contribution in [2.45, 2.75) is 38.3 Å². The summed E-state index contributed by atoms with van der Waals surface area (Å²) in [4.78, 5) is 25.5. The molecule has 2 amide bonds. The van der Waals surface area contributed by atoms with E-state index in [0.717, 1.165) is 25.2 Å². The van der Waals surface area contributed by atoms with Crippen LogP contribution in [0.25, 0.3) is 0 Å². The van der Waals surface area contributed by atoms with Gasteiger partial charge in [-0.2, -0.15) is 0 Å². The van der Waals surface area contributed by atoms with E-state index < -0.39 is 0 Å². The Kier molecular flexibility index (Phi) is 3.45. The Balaban J connectivity index is 1.97. The van der Waals surface area contributed by atoms with Gasteiger partial charge in [0, 0.05) is 26.1 Å². The molecule has 2 N–H and O–H groups in total. The van der Waals surface area contributed by atoms with Gasteiger partial charge in [0.05, 0.1) is 5.82 Å². The van der Waals surface area contributed by atoms with Gasteiger partial charge in [0.1, 0.15) is 6.04 Å². The lowest BCUT2D eigenvalue weighted by Gasteiger charge is -2.32. The van der Waals surface area contributed by atoms with E-state index in [1.54, 1.807) is 14.0 Å². The topological polar surface area (TPSA) is 64.7 Å². The van der Waals surface area contributed by atoms with E-state index in [1.807, 2.05) is 4.90 Å². The minimum absolute atomic E-state index is 0.101. The molecule has 18 heavy (non-hydrogen) atoms. The minimum atomic E-state index is -0.226. The highest BCUT2D eigenvalue weighted by Gasteiger charge is 2.39. The second-order valence-electron chi connectivity index (χ2n) is 4.82. The molecular formula is C12H20N4O2. The maximum Gasteiger partial charge on any atom is 0.261 e. The Morgan fingerprint density at radius 1 is 1.56 bits per heavy atom. The van der Waals surface area contributed by atoms with Crippen LogP contribution in [0.3, 0.4) is 0 Å². The van der Waals surface area contributed by atoms with E-state index in [-0.39, 0.29) is 17.9 Å². The molecule has 2 heterocycles. The molecule has 0 radical (unpaired) electrons. The molecule has 0 aromatic rings. The molecule has 2 saturated heterocycles. The molecule has 0 aliphatic carbocycles. The number of nitrogens with zero attached hydrogens (tertiary/aromatic N) is 2. The van der Waals surface area contributed by atoms with Crippen molar-refractivity contribution >= 4 is 11.8 Å². The highest BCUT2D eigenvalue weighted by molar-refractivity contribution is 5.85. The molecule has 2 atom stereocenters. The SMILES string of the molecule is C=C1NC2CC[C@@H](C(=O)NN(C)C(=O)CC)N1C2. The summed E-state index contributed by atoms with van der Waals surface area (Å²) in [5, 5.41) is 4.52. The third kappa shape index (κ3) is 2.27. The molecule has 100 valence electrons. The van der Waals surface area contributed by atoms with Gasteiger partial charge < -0.3 is 10.2 Å².